The molecule has 10 N–H and O–H groups in total. The number of carbonyl (C=O) groups is 6. The van der Waals surface area contributed by atoms with Crippen LogP contribution in [0.1, 0.15) is 40.0 Å². The van der Waals surface area contributed by atoms with Gasteiger partial charge in [0.05, 0.1) is 18.6 Å². The maximum Gasteiger partial charge on any atom is 0.252 e. The van der Waals surface area contributed by atoms with Gasteiger partial charge in [-0.15, -0.1) is 0 Å². The molecule has 1 aliphatic rings. The van der Waals surface area contributed by atoms with Crippen LogP contribution in [0.3, 0.4) is 0 Å². The molecule has 222 valence electrons. The summed E-state index contributed by atoms with van der Waals surface area (Å²) >= 11 is 0.925. The normalized spacial score (nSPS) is 19.8. The number of hydrogen-bond acceptors (Lipinski definition) is 10. The molecule has 0 aromatic rings. The van der Waals surface area contributed by atoms with Crippen molar-refractivity contribution in [3.63, 3.8) is 0 Å². The number of aliphatic hydroxyl groups excluding tert-OH is 1. The van der Waals surface area contributed by atoms with Crippen molar-refractivity contribution >= 4 is 47.9 Å². The van der Waals surface area contributed by atoms with Crippen LogP contribution < -0.4 is 37.5 Å². The zero-order valence-corrected chi connectivity index (χ0v) is 23.4. The molecule has 15 nitrogen and oxygen atoms in total. The molecule has 1 heterocycles. The molecule has 39 heavy (non-hydrogen) atoms. The van der Waals surface area contributed by atoms with Crippen LogP contribution in [0.4, 0.5) is 0 Å². The number of nitrogens with two attached hydrogens (primary N) is 2. The first-order chi connectivity index (χ1) is 18.5. The lowest BCUT2D eigenvalue weighted by atomic mass is 10.1. The van der Waals surface area contributed by atoms with Gasteiger partial charge in [0.2, 0.25) is 30.0 Å². The molecule has 6 unspecified atom stereocenters. The summed E-state index contributed by atoms with van der Waals surface area (Å²) in [4.78, 5) is 75.1. The predicted octanol–water partition coefficient (Wildman–Crippen LogP) is -3.71. The third kappa shape index (κ3) is 10.6. The Morgan fingerprint density at radius 1 is 1.15 bits per heavy atom. The molecule has 0 aromatic carbocycles. The molecule has 0 aliphatic carbocycles. The summed E-state index contributed by atoms with van der Waals surface area (Å²) in [5, 5.41) is 20.0. The van der Waals surface area contributed by atoms with Crippen molar-refractivity contribution in [2.75, 3.05) is 31.9 Å². The van der Waals surface area contributed by atoms with Crippen LogP contribution in [0.5, 0.6) is 0 Å². The van der Waals surface area contributed by atoms with Crippen molar-refractivity contribution in [3.8, 4) is 0 Å². The average Bonchev–Trinajstić information content (AvgIpc) is 3.15. The maximum atomic E-state index is 13.3. The number of aliphatic hydroxyl groups is 1. The Morgan fingerprint density at radius 2 is 1.82 bits per heavy atom. The van der Waals surface area contributed by atoms with Gasteiger partial charge in [0.1, 0.15) is 18.1 Å². The first kappa shape index (κ1) is 34.1. The van der Waals surface area contributed by atoms with Gasteiger partial charge in [-0.05, 0) is 65.1 Å². The van der Waals surface area contributed by atoms with E-state index < -0.39 is 59.8 Å². The first-order valence-electron chi connectivity index (χ1n) is 12.9. The van der Waals surface area contributed by atoms with Crippen LogP contribution in [-0.2, 0) is 28.8 Å². The number of amides is 6. The van der Waals surface area contributed by atoms with E-state index in [1.165, 1.54) is 11.8 Å². The molecule has 0 spiro atoms. The quantitative estimate of drug-likeness (QED) is 0.0588. The Labute approximate surface area is 232 Å². The molecule has 1 fully saturated rings. The van der Waals surface area contributed by atoms with E-state index in [0.29, 0.717) is 13.0 Å². The molecule has 0 bridgehead atoms. The number of rotatable bonds is 18. The summed E-state index contributed by atoms with van der Waals surface area (Å²) in [6.45, 7) is 5.25. The smallest absolute Gasteiger partial charge is 0.252 e. The molecule has 0 saturated carbocycles. The number of hydrogen-bond donors (Lipinski definition) is 8. The summed E-state index contributed by atoms with van der Waals surface area (Å²) < 4.78 is 2.59. The van der Waals surface area contributed by atoms with Crippen LogP contribution in [0.2, 0.25) is 0 Å². The molecule has 1 aliphatic heterocycles. The number of nitrogens with one attached hydrogen (secondary N) is 5. The summed E-state index contributed by atoms with van der Waals surface area (Å²) in [5.41, 5.74) is 11.4. The lowest BCUT2D eigenvalue weighted by Gasteiger charge is -2.32. The summed E-state index contributed by atoms with van der Waals surface area (Å²) in [6, 6.07) is -3.30. The Balaban J connectivity index is 2.88. The number of carbonyl (C=O) groups excluding carboxylic acids is 6. The minimum absolute atomic E-state index is 0.0824. The standard InChI is InChI=1S/C23H42N8O7S/c1-4-27-20(35)15(14(3)33)11-39-30-21(36)16(5-7-24)29-22(37)18(6-8-25)31-13(2)9-17(23(31)38)28-19(34)10-26-12-32/h12-18,33H,4-11,24-25H2,1-3H3,(H,26,32)(H,27,35)(H,28,34)(H,29,37)(H,30,36). The van der Waals surface area contributed by atoms with Crippen LogP contribution in [0.25, 0.3) is 0 Å². The van der Waals surface area contributed by atoms with Gasteiger partial charge in [-0.2, -0.15) is 0 Å². The van der Waals surface area contributed by atoms with E-state index in [2.05, 4.69) is 26.0 Å². The van der Waals surface area contributed by atoms with Crippen molar-refractivity contribution < 1.29 is 33.9 Å². The van der Waals surface area contributed by atoms with Gasteiger partial charge in [0.15, 0.2) is 0 Å². The van der Waals surface area contributed by atoms with Crippen molar-refractivity contribution in [1.82, 2.24) is 30.9 Å². The van der Waals surface area contributed by atoms with Gasteiger partial charge in [-0.1, -0.05) is 0 Å². The Morgan fingerprint density at radius 3 is 2.38 bits per heavy atom. The second-order valence-corrected chi connectivity index (χ2v) is 10.0. The third-order valence-electron chi connectivity index (χ3n) is 6.16. The van der Waals surface area contributed by atoms with Gasteiger partial charge in [-0.3, -0.25) is 33.5 Å². The second kappa shape index (κ2) is 17.6. The molecular formula is C23H42N8O7S. The van der Waals surface area contributed by atoms with Crippen LogP contribution in [0, 0.1) is 5.92 Å². The van der Waals surface area contributed by atoms with Gasteiger partial charge in [0.25, 0.3) is 5.91 Å². The molecule has 0 radical (unpaired) electrons. The maximum absolute atomic E-state index is 13.3. The fourth-order valence-corrected chi connectivity index (χ4v) is 5.16. The lowest BCUT2D eigenvalue weighted by molar-refractivity contribution is -0.141. The zero-order valence-electron chi connectivity index (χ0n) is 22.6. The molecule has 1 saturated heterocycles. The van der Waals surface area contributed by atoms with E-state index in [-0.39, 0.29) is 50.6 Å². The molecule has 1 rings (SSSR count). The first-order valence-corrected chi connectivity index (χ1v) is 13.9. The van der Waals surface area contributed by atoms with E-state index >= 15 is 0 Å². The van der Waals surface area contributed by atoms with E-state index in [1.807, 2.05) is 0 Å². The fourth-order valence-electron chi connectivity index (χ4n) is 4.18. The lowest BCUT2D eigenvalue weighted by Crippen LogP contribution is -2.56. The summed E-state index contributed by atoms with van der Waals surface area (Å²) in [6.07, 6.45) is -0.0981. The van der Waals surface area contributed by atoms with E-state index in [1.54, 1.807) is 13.8 Å². The van der Waals surface area contributed by atoms with Crippen molar-refractivity contribution in [2.24, 2.45) is 17.4 Å². The average molecular weight is 575 g/mol. The predicted molar refractivity (Wildman–Crippen MR) is 144 cm³/mol. The highest BCUT2D eigenvalue weighted by Gasteiger charge is 2.44. The molecular weight excluding hydrogens is 532 g/mol. The Kier molecular flexibility index (Phi) is 15.4. The second-order valence-electron chi connectivity index (χ2n) is 9.20. The highest BCUT2D eigenvalue weighted by Crippen LogP contribution is 2.24. The highest BCUT2D eigenvalue weighted by atomic mass is 32.2. The van der Waals surface area contributed by atoms with Crippen molar-refractivity contribution in [3.05, 3.63) is 0 Å². The summed E-state index contributed by atoms with van der Waals surface area (Å²) in [5.74, 6) is -3.17. The molecule has 16 heteroatoms. The minimum Gasteiger partial charge on any atom is -0.393 e. The molecule has 6 atom stereocenters. The highest BCUT2D eigenvalue weighted by molar-refractivity contribution is 7.97. The van der Waals surface area contributed by atoms with Crippen molar-refractivity contribution in [1.29, 1.82) is 0 Å². The third-order valence-corrected chi connectivity index (χ3v) is 7.03. The van der Waals surface area contributed by atoms with Crippen molar-refractivity contribution in [2.45, 2.75) is 70.3 Å². The van der Waals surface area contributed by atoms with Crippen LogP contribution in [-0.4, -0.2) is 108 Å². The molecule has 6 amide bonds. The minimum atomic E-state index is -1.03. The number of likely N-dealkylation sites (tertiary alicyclic amines) is 1. The van der Waals surface area contributed by atoms with Gasteiger partial charge < -0.3 is 42.7 Å². The largest absolute Gasteiger partial charge is 0.393 e. The Bertz CT molecular complexity index is 862. The Hall–Kier alpha value is -2.95. The van der Waals surface area contributed by atoms with E-state index in [0.717, 1.165) is 11.9 Å². The van der Waals surface area contributed by atoms with Crippen LogP contribution in [0.15, 0.2) is 0 Å². The SMILES string of the molecule is CCNC(=O)C(CSNC(=O)C(CCN)NC(=O)C(CCN)N1C(=O)C(NC(=O)CNC=O)CC1C)C(C)O. The summed E-state index contributed by atoms with van der Waals surface area (Å²) in [7, 11) is 0. The topological polar surface area (TPSA) is 238 Å². The number of nitrogens with zero attached hydrogens (tertiary/aromatic N) is 1. The van der Waals surface area contributed by atoms with Gasteiger partial charge in [-0.25, -0.2) is 0 Å². The van der Waals surface area contributed by atoms with Crippen LogP contribution >= 0.6 is 11.9 Å². The fraction of sp³-hybridized carbons (Fsp3) is 0.739. The monoisotopic (exact) mass is 574 g/mol. The van der Waals surface area contributed by atoms with E-state index in [4.69, 9.17) is 11.5 Å². The van der Waals surface area contributed by atoms with E-state index in [9.17, 15) is 33.9 Å². The van der Waals surface area contributed by atoms with Gasteiger partial charge in [0, 0.05) is 18.3 Å². The zero-order chi connectivity index (χ0) is 29.5. The molecule has 0 aromatic heterocycles. The van der Waals surface area contributed by atoms with Gasteiger partial charge >= 0.3 is 0 Å².